The van der Waals surface area contributed by atoms with Crippen LogP contribution in [0.3, 0.4) is 0 Å². The molecule has 0 saturated carbocycles. The van der Waals surface area contributed by atoms with E-state index >= 15 is 0 Å². The zero-order chi connectivity index (χ0) is 42.1. The number of rotatable bonds is 15. The number of nitrogens with zero attached hydrogens (tertiary/aromatic N) is 3. The summed E-state index contributed by atoms with van der Waals surface area (Å²) in [5, 5.41) is 13.5. The molecule has 1 aliphatic carbocycles. The lowest BCUT2D eigenvalue weighted by Crippen LogP contribution is -2.61. The summed E-state index contributed by atoms with van der Waals surface area (Å²) in [5.74, 6) is -3.10. The Kier molecular flexibility index (Phi) is 14.5. The largest absolute Gasteiger partial charge is 0.460 e. The lowest BCUT2D eigenvalue weighted by atomic mass is 9.98. The lowest BCUT2D eigenvalue weighted by molar-refractivity contribution is -0.233. The highest BCUT2D eigenvalue weighted by atomic mass is 32.2. The Morgan fingerprint density at radius 1 is 0.862 bits per heavy atom. The van der Waals surface area contributed by atoms with Crippen molar-refractivity contribution in [1.29, 1.82) is 0 Å². The van der Waals surface area contributed by atoms with Crippen molar-refractivity contribution in [1.82, 2.24) is 25.6 Å². The van der Waals surface area contributed by atoms with Gasteiger partial charge in [-0.15, -0.1) is 16.9 Å². The number of aromatic nitrogens is 3. The number of nitrogens with one attached hydrogen (secondary N) is 2. The average Bonchev–Trinajstić information content (AvgIpc) is 3.73. The number of carbonyl (C=O) groups excluding carboxylic acids is 6. The molecule has 2 heterocycles. The van der Waals surface area contributed by atoms with Crippen LogP contribution in [0.5, 0.6) is 0 Å². The molecule has 2 N–H and O–H groups in total. The first kappa shape index (κ1) is 43.6. The molecule has 2 amide bonds. The quantitative estimate of drug-likeness (QED) is 0.165. The third kappa shape index (κ3) is 11.6. The first-order chi connectivity index (χ1) is 27.5. The number of benzene rings is 2. The highest BCUT2D eigenvalue weighted by Gasteiger charge is 2.52. The van der Waals surface area contributed by atoms with Crippen LogP contribution < -0.4 is 10.6 Å². The van der Waals surface area contributed by atoms with E-state index in [1.165, 1.54) is 43.4 Å². The van der Waals surface area contributed by atoms with Crippen LogP contribution >= 0.6 is 11.8 Å². The molecule has 5 rings (SSSR count). The molecule has 0 spiro atoms. The maximum atomic E-state index is 13.5. The molecule has 1 saturated heterocycles. The van der Waals surface area contributed by atoms with Crippen LogP contribution in [0.4, 0.5) is 4.79 Å². The molecule has 1 fully saturated rings. The van der Waals surface area contributed by atoms with Gasteiger partial charge in [-0.25, -0.2) is 9.48 Å². The molecular weight excluding hydrogens is 775 g/mol. The molecule has 0 unspecified atom stereocenters. The molecule has 17 nitrogen and oxygen atoms in total. The van der Waals surface area contributed by atoms with E-state index in [0.29, 0.717) is 11.4 Å². The van der Waals surface area contributed by atoms with Crippen molar-refractivity contribution in [3.8, 4) is 11.1 Å². The van der Waals surface area contributed by atoms with Gasteiger partial charge < -0.3 is 39.1 Å². The third-order valence-corrected chi connectivity index (χ3v) is 10.0. The number of thioether (sulfide) groups is 1. The van der Waals surface area contributed by atoms with Crippen molar-refractivity contribution in [2.24, 2.45) is 0 Å². The van der Waals surface area contributed by atoms with E-state index in [-0.39, 0.29) is 25.6 Å². The van der Waals surface area contributed by atoms with Gasteiger partial charge in [0.05, 0.1) is 25.7 Å². The smallest absolute Gasteiger partial charge is 0.407 e. The first-order valence-corrected chi connectivity index (χ1v) is 19.9. The minimum absolute atomic E-state index is 0.00330. The van der Waals surface area contributed by atoms with Crippen LogP contribution in [-0.4, -0.2) is 105 Å². The molecule has 312 valence electrons. The minimum atomic E-state index is -1.36. The molecule has 18 heteroatoms. The molecular formula is C40H49N5O12S. The summed E-state index contributed by atoms with van der Waals surface area (Å²) in [7, 11) is 0. The summed E-state index contributed by atoms with van der Waals surface area (Å²) >= 11 is 1.31. The highest BCUT2D eigenvalue weighted by molar-refractivity contribution is 7.99. The predicted octanol–water partition coefficient (Wildman–Crippen LogP) is 3.81. The number of hydrogen-bond donors (Lipinski definition) is 2. The van der Waals surface area contributed by atoms with Crippen molar-refractivity contribution in [3.05, 3.63) is 71.5 Å². The molecule has 3 aromatic rings. The van der Waals surface area contributed by atoms with Crippen molar-refractivity contribution < 1.29 is 57.2 Å². The Hall–Kier alpha value is -5.49. The second-order valence-electron chi connectivity index (χ2n) is 14.7. The maximum Gasteiger partial charge on any atom is 0.407 e. The number of ether oxygens (including phenoxy) is 6. The monoisotopic (exact) mass is 823 g/mol. The fourth-order valence-electron chi connectivity index (χ4n) is 6.84. The van der Waals surface area contributed by atoms with Crippen LogP contribution in [0.1, 0.15) is 77.6 Å². The van der Waals surface area contributed by atoms with Gasteiger partial charge in [0.25, 0.3) is 0 Å². The Bertz CT molecular complexity index is 1940. The Morgan fingerprint density at radius 3 is 2.03 bits per heavy atom. The van der Waals surface area contributed by atoms with E-state index in [1.807, 2.05) is 55.5 Å². The van der Waals surface area contributed by atoms with Crippen LogP contribution in [-0.2, 0) is 65.5 Å². The first-order valence-electron chi connectivity index (χ1n) is 18.8. The van der Waals surface area contributed by atoms with Crippen LogP contribution in [0, 0.1) is 0 Å². The summed E-state index contributed by atoms with van der Waals surface area (Å²) in [6.07, 6.45) is -4.26. The number of esters is 4. The molecule has 0 bridgehead atoms. The van der Waals surface area contributed by atoms with Crippen molar-refractivity contribution in [2.75, 3.05) is 12.4 Å². The summed E-state index contributed by atoms with van der Waals surface area (Å²) in [5.41, 5.74) is 2.80. The molecule has 58 heavy (non-hydrogen) atoms. The van der Waals surface area contributed by atoms with E-state index in [4.69, 9.17) is 28.4 Å². The topological polar surface area (TPSA) is 213 Å². The zero-order valence-electron chi connectivity index (χ0n) is 33.4. The van der Waals surface area contributed by atoms with E-state index in [0.717, 1.165) is 22.3 Å². The normalized spacial score (nSPS) is 20.4. The van der Waals surface area contributed by atoms with Crippen molar-refractivity contribution >= 4 is 47.6 Å². The number of alkyl carbamates (subject to hydrolysis) is 1. The number of carbonyl (C=O) groups is 6. The standard InChI is InChI=1S/C40H49N5O12S/c1-8-58-38-36(55-24(4)48)35(54-23(3)47)34(53-22(2)46)32(56-38)20-45-19-25(43-44-45)18-41-37(50)31(17-33(49)57-40(5,6)7)42-39(51)52-21-30-28-15-11-9-13-26(28)27-14-10-12-16-29(27)30/h9-16,19,30-32,34-36,38H,8,17-18,20-21H2,1-7H3,(H,41,50)(H,42,51)/t31-,32+,34-,35-,36+,38-/m0/s1. The average molecular weight is 824 g/mol. The molecule has 2 aliphatic rings. The molecule has 2 aromatic carbocycles. The SMILES string of the molecule is CCS[C@@H]1O[C@H](Cn2cc(CNC(=O)[C@H](CC(=O)OC(C)(C)C)NC(=O)OCC3c4ccccc4-c4ccccc43)nn2)[C@H](OC(C)=O)[C@H](OC(C)=O)[C@H]1OC(C)=O. The fourth-order valence-corrected chi connectivity index (χ4v) is 7.79. The molecule has 1 aliphatic heterocycles. The van der Waals surface area contributed by atoms with Crippen molar-refractivity contribution in [2.45, 2.75) is 115 Å². The van der Waals surface area contributed by atoms with E-state index in [2.05, 4.69) is 20.9 Å². The highest BCUT2D eigenvalue weighted by Crippen LogP contribution is 2.44. The summed E-state index contributed by atoms with van der Waals surface area (Å²) in [6, 6.07) is 14.4. The van der Waals surface area contributed by atoms with Crippen LogP contribution in [0.15, 0.2) is 54.7 Å². The van der Waals surface area contributed by atoms with Gasteiger partial charge in [0.1, 0.15) is 35.5 Å². The van der Waals surface area contributed by atoms with E-state index in [9.17, 15) is 28.8 Å². The van der Waals surface area contributed by atoms with Gasteiger partial charge in [0, 0.05) is 26.7 Å². The Balaban J connectivity index is 1.26. The van der Waals surface area contributed by atoms with E-state index in [1.54, 1.807) is 20.8 Å². The van der Waals surface area contributed by atoms with Gasteiger partial charge in [-0.2, -0.15) is 0 Å². The molecule has 0 radical (unpaired) electrons. The van der Waals surface area contributed by atoms with Crippen molar-refractivity contribution in [3.63, 3.8) is 0 Å². The fraction of sp³-hybridized carbons (Fsp3) is 0.500. The number of fused-ring (bicyclic) bond motifs is 3. The Morgan fingerprint density at radius 2 is 1.45 bits per heavy atom. The van der Waals surface area contributed by atoms with Gasteiger partial charge in [-0.05, 0) is 48.8 Å². The Labute approximate surface area is 340 Å². The summed E-state index contributed by atoms with van der Waals surface area (Å²) in [6.45, 7) is 10.3. The van der Waals surface area contributed by atoms with E-state index < -0.39 is 83.8 Å². The number of amides is 2. The van der Waals surface area contributed by atoms with Gasteiger partial charge >= 0.3 is 30.0 Å². The van der Waals surface area contributed by atoms with Crippen LogP contribution in [0.25, 0.3) is 11.1 Å². The third-order valence-electron chi connectivity index (χ3n) is 8.97. The molecule has 1 aromatic heterocycles. The molecule has 6 atom stereocenters. The second-order valence-corrected chi connectivity index (χ2v) is 16.1. The number of hydrogen-bond acceptors (Lipinski definition) is 15. The minimum Gasteiger partial charge on any atom is -0.460 e. The van der Waals surface area contributed by atoms with Gasteiger partial charge in [0.15, 0.2) is 18.3 Å². The summed E-state index contributed by atoms with van der Waals surface area (Å²) in [4.78, 5) is 76.0. The zero-order valence-corrected chi connectivity index (χ0v) is 34.2. The lowest BCUT2D eigenvalue weighted by Gasteiger charge is -2.44. The summed E-state index contributed by atoms with van der Waals surface area (Å²) < 4.78 is 35.4. The van der Waals surface area contributed by atoms with Crippen LogP contribution in [0.2, 0.25) is 0 Å². The van der Waals surface area contributed by atoms with Gasteiger partial charge in [-0.3, -0.25) is 24.0 Å². The maximum absolute atomic E-state index is 13.5. The van der Waals surface area contributed by atoms with Gasteiger partial charge in [-0.1, -0.05) is 60.7 Å². The predicted molar refractivity (Wildman–Crippen MR) is 208 cm³/mol. The van der Waals surface area contributed by atoms with Gasteiger partial charge in [0.2, 0.25) is 5.91 Å². The second kappa shape index (κ2) is 19.3.